The summed E-state index contributed by atoms with van der Waals surface area (Å²) in [7, 11) is 0. The van der Waals surface area contributed by atoms with Gasteiger partial charge in [-0.3, -0.25) is 9.59 Å². The molecule has 0 radical (unpaired) electrons. The number of nitrogens with one attached hydrogen (secondary N) is 1. The molecule has 3 N–H and O–H groups in total. The quantitative estimate of drug-likeness (QED) is 0.866. The third kappa shape index (κ3) is 3.65. The van der Waals surface area contributed by atoms with Crippen LogP contribution in [0, 0.1) is 19.8 Å². The first-order valence-corrected chi connectivity index (χ1v) is 7.80. The number of nitrogens with two attached hydrogens (primary N) is 1. The van der Waals surface area contributed by atoms with Gasteiger partial charge >= 0.3 is 0 Å². The lowest BCUT2D eigenvalue weighted by atomic mass is 10.1. The molecular weight excluding hydrogens is 278 g/mol. The monoisotopic (exact) mass is 303 g/mol. The van der Waals surface area contributed by atoms with Crippen molar-refractivity contribution >= 4 is 17.5 Å². The molecule has 2 unspecified atom stereocenters. The Morgan fingerprint density at radius 1 is 1.45 bits per heavy atom. The summed E-state index contributed by atoms with van der Waals surface area (Å²) in [5.74, 6) is -0.316. The molecule has 1 aromatic carbocycles. The molecule has 1 fully saturated rings. The van der Waals surface area contributed by atoms with Crippen LogP contribution in [0.4, 0.5) is 5.69 Å². The number of carbonyl (C=O) groups excluding carboxylic acids is 2. The summed E-state index contributed by atoms with van der Waals surface area (Å²) in [6, 6.07) is 5.98. The van der Waals surface area contributed by atoms with Gasteiger partial charge in [0.15, 0.2) is 0 Å². The second-order valence-corrected chi connectivity index (χ2v) is 6.18. The van der Waals surface area contributed by atoms with Crippen molar-refractivity contribution < 1.29 is 9.59 Å². The Bertz CT molecular complexity index is 569. The van der Waals surface area contributed by atoms with E-state index in [0.29, 0.717) is 13.1 Å². The van der Waals surface area contributed by atoms with Gasteiger partial charge in [-0.25, -0.2) is 0 Å². The Morgan fingerprint density at radius 3 is 2.86 bits per heavy atom. The van der Waals surface area contributed by atoms with Gasteiger partial charge in [-0.05, 0) is 44.4 Å². The fourth-order valence-corrected chi connectivity index (χ4v) is 2.71. The fraction of sp³-hybridized carbons (Fsp3) is 0.529. The number of benzene rings is 1. The summed E-state index contributed by atoms with van der Waals surface area (Å²) >= 11 is 0. The van der Waals surface area contributed by atoms with Gasteiger partial charge in [-0.1, -0.05) is 12.1 Å². The highest BCUT2D eigenvalue weighted by molar-refractivity contribution is 6.00. The molecule has 1 heterocycles. The molecule has 2 atom stereocenters. The second-order valence-electron chi connectivity index (χ2n) is 6.18. The van der Waals surface area contributed by atoms with Crippen LogP contribution in [0.5, 0.6) is 0 Å². The summed E-state index contributed by atoms with van der Waals surface area (Å²) in [5, 5.41) is 2.88. The van der Waals surface area contributed by atoms with Crippen LogP contribution >= 0.6 is 0 Å². The van der Waals surface area contributed by atoms with E-state index in [0.717, 1.165) is 23.2 Å². The van der Waals surface area contributed by atoms with Crippen LogP contribution in [0.2, 0.25) is 0 Å². The van der Waals surface area contributed by atoms with Crippen LogP contribution in [-0.2, 0) is 9.59 Å². The van der Waals surface area contributed by atoms with Crippen LogP contribution in [0.25, 0.3) is 0 Å². The highest BCUT2D eigenvalue weighted by Crippen LogP contribution is 2.29. The topological polar surface area (TPSA) is 75.4 Å². The first-order valence-electron chi connectivity index (χ1n) is 7.80. The van der Waals surface area contributed by atoms with E-state index in [9.17, 15) is 9.59 Å². The van der Waals surface area contributed by atoms with Crippen molar-refractivity contribution in [3.8, 4) is 0 Å². The Hall–Kier alpha value is -1.88. The van der Waals surface area contributed by atoms with Crippen LogP contribution in [0.15, 0.2) is 18.2 Å². The highest BCUT2D eigenvalue weighted by Gasteiger charge is 2.35. The summed E-state index contributed by atoms with van der Waals surface area (Å²) in [5.41, 5.74) is 8.82. The fourth-order valence-electron chi connectivity index (χ4n) is 2.71. The molecule has 0 aromatic heterocycles. The molecule has 0 aliphatic carbocycles. The van der Waals surface area contributed by atoms with Crippen molar-refractivity contribution in [3.63, 3.8) is 0 Å². The molecule has 5 nitrogen and oxygen atoms in total. The first-order chi connectivity index (χ1) is 10.4. The Kier molecular flexibility index (Phi) is 5.19. The predicted molar refractivity (Wildman–Crippen MR) is 87.7 cm³/mol. The average molecular weight is 303 g/mol. The molecule has 2 amide bonds. The van der Waals surface area contributed by atoms with Crippen molar-refractivity contribution in [1.29, 1.82) is 0 Å². The molecule has 1 saturated heterocycles. The van der Waals surface area contributed by atoms with Gasteiger partial charge in [0, 0.05) is 31.2 Å². The Morgan fingerprint density at radius 2 is 2.18 bits per heavy atom. The van der Waals surface area contributed by atoms with Crippen LogP contribution < -0.4 is 16.0 Å². The van der Waals surface area contributed by atoms with Gasteiger partial charge in [-0.15, -0.1) is 0 Å². The van der Waals surface area contributed by atoms with E-state index < -0.39 is 0 Å². The average Bonchev–Trinajstić information content (AvgIpc) is 2.83. The zero-order chi connectivity index (χ0) is 16.3. The molecule has 0 spiro atoms. The second kappa shape index (κ2) is 6.92. The van der Waals surface area contributed by atoms with Crippen molar-refractivity contribution in [2.45, 2.75) is 39.7 Å². The number of nitrogens with zero attached hydrogens (tertiary/aromatic N) is 1. The minimum atomic E-state index is -0.277. The van der Waals surface area contributed by atoms with Gasteiger partial charge in [0.25, 0.3) is 0 Å². The number of rotatable bonds is 5. The van der Waals surface area contributed by atoms with Gasteiger partial charge in [0.2, 0.25) is 11.8 Å². The van der Waals surface area contributed by atoms with Gasteiger partial charge in [-0.2, -0.15) is 0 Å². The summed E-state index contributed by atoms with van der Waals surface area (Å²) in [4.78, 5) is 26.2. The van der Waals surface area contributed by atoms with Crippen LogP contribution in [0.1, 0.15) is 30.9 Å². The van der Waals surface area contributed by atoms with Gasteiger partial charge in [0.05, 0.1) is 5.92 Å². The maximum Gasteiger partial charge on any atom is 0.227 e. The predicted octanol–water partition coefficient (Wildman–Crippen LogP) is 1.51. The number of anilines is 1. The SMILES string of the molecule is Cc1cccc(N2CC(C(=O)NCCC(C)N)CC2=O)c1C. The normalized spacial score (nSPS) is 19.4. The first kappa shape index (κ1) is 16.5. The molecule has 2 rings (SSSR count). The molecule has 0 saturated carbocycles. The lowest BCUT2D eigenvalue weighted by molar-refractivity contribution is -0.126. The van der Waals surface area contributed by atoms with Crippen LogP contribution in [-0.4, -0.2) is 30.9 Å². The molecule has 22 heavy (non-hydrogen) atoms. The molecule has 5 heteroatoms. The lowest BCUT2D eigenvalue weighted by Crippen LogP contribution is -2.35. The summed E-state index contributed by atoms with van der Waals surface area (Å²) in [6.45, 7) is 6.96. The van der Waals surface area contributed by atoms with Gasteiger partial charge < -0.3 is 16.0 Å². The summed E-state index contributed by atoms with van der Waals surface area (Å²) < 4.78 is 0. The lowest BCUT2D eigenvalue weighted by Gasteiger charge is -2.20. The third-order valence-corrected chi connectivity index (χ3v) is 4.26. The maximum absolute atomic E-state index is 12.3. The van der Waals surface area contributed by atoms with Crippen molar-refractivity contribution in [2.75, 3.05) is 18.0 Å². The Labute approximate surface area is 131 Å². The number of hydrogen-bond donors (Lipinski definition) is 2. The van der Waals surface area contributed by atoms with E-state index in [1.165, 1.54) is 0 Å². The van der Waals surface area contributed by atoms with Crippen molar-refractivity contribution in [2.24, 2.45) is 11.7 Å². The molecule has 1 aliphatic rings. The largest absolute Gasteiger partial charge is 0.356 e. The third-order valence-electron chi connectivity index (χ3n) is 4.26. The maximum atomic E-state index is 12.3. The van der Waals surface area contributed by atoms with E-state index in [1.54, 1.807) is 4.90 Å². The smallest absolute Gasteiger partial charge is 0.227 e. The van der Waals surface area contributed by atoms with E-state index in [4.69, 9.17) is 5.73 Å². The molecular formula is C17H25N3O2. The molecule has 120 valence electrons. The van der Waals surface area contributed by atoms with E-state index >= 15 is 0 Å². The van der Waals surface area contributed by atoms with Crippen molar-refractivity contribution in [1.82, 2.24) is 5.32 Å². The van der Waals surface area contributed by atoms with Crippen molar-refractivity contribution in [3.05, 3.63) is 29.3 Å². The summed E-state index contributed by atoms with van der Waals surface area (Å²) in [6.07, 6.45) is 1.02. The number of hydrogen-bond acceptors (Lipinski definition) is 3. The zero-order valence-corrected chi connectivity index (χ0v) is 13.6. The van der Waals surface area contributed by atoms with E-state index in [-0.39, 0.29) is 30.2 Å². The zero-order valence-electron chi connectivity index (χ0n) is 13.6. The molecule has 1 aromatic rings. The molecule has 0 bridgehead atoms. The molecule has 1 aliphatic heterocycles. The standard InChI is InChI=1S/C17H25N3O2/c1-11-5-4-6-15(13(11)3)20-10-14(9-16(20)21)17(22)19-8-7-12(2)18/h4-6,12,14H,7-10,18H2,1-3H3,(H,19,22). The Balaban J connectivity index is 2.01. The number of carbonyl (C=O) groups is 2. The van der Waals surface area contributed by atoms with Crippen LogP contribution in [0.3, 0.4) is 0 Å². The minimum absolute atomic E-state index is 0.0149. The number of amides is 2. The number of aryl methyl sites for hydroxylation is 1. The minimum Gasteiger partial charge on any atom is -0.356 e. The van der Waals surface area contributed by atoms with E-state index in [2.05, 4.69) is 5.32 Å². The highest BCUT2D eigenvalue weighted by atomic mass is 16.2. The van der Waals surface area contributed by atoms with E-state index in [1.807, 2.05) is 39.0 Å². The van der Waals surface area contributed by atoms with Gasteiger partial charge in [0.1, 0.15) is 0 Å².